The second kappa shape index (κ2) is 10.0. The third-order valence-electron chi connectivity index (χ3n) is 5.60. The van der Waals surface area contributed by atoms with E-state index in [-0.39, 0.29) is 12.7 Å². The van der Waals surface area contributed by atoms with E-state index in [1.165, 1.54) is 10.2 Å². The van der Waals surface area contributed by atoms with Crippen molar-refractivity contribution in [2.24, 2.45) is 0 Å². The van der Waals surface area contributed by atoms with E-state index in [2.05, 4.69) is 16.5 Å². The monoisotopic (exact) mass is 467 g/mol. The molecule has 2 atom stereocenters. The maximum atomic E-state index is 12.6. The molecule has 3 aromatic rings. The second-order valence-electron chi connectivity index (χ2n) is 9.64. The zero-order valence-corrected chi connectivity index (χ0v) is 20.2. The molecule has 8 heteroatoms. The molecule has 2 aromatic carbocycles. The van der Waals surface area contributed by atoms with Gasteiger partial charge in [0.25, 0.3) is 0 Å². The minimum atomic E-state index is -0.702. The van der Waals surface area contributed by atoms with Crippen molar-refractivity contribution in [1.82, 2.24) is 15.1 Å². The molecule has 0 radical (unpaired) electrons. The molecule has 0 fully saturated rings. The highest BCUT2D eigenvalue weighted by atomic mass is 16.6. The third kappa shape index (κ3) is 5.69. The van der Waals surface area contributed by atoms with Crippen LogP contribution in [0.15, 0.2) is 42.5 Å². The van der Waals surface area contributed by atoms with Crippen molar-refractivity contribution >= 4 is 17.0 Å². The average molecular weight is 468 g/mol. The van der Waals surface area contributed by atoms with Gasteiger partial charge in [-0.15, -0.1) is 0 Å². The second-order valence-corrected chi connectivity index (χ2v) is 9.64. The fourth-order valence-corrected chi connectivity index (χ4v) is 4.06. The lowest BCUT2D eigenvalue weighted by Gasteiger charge is -2.26. The number of ether oxygens (including phenoxy) is 3. The summed E-state index contributed by atoms with van der Waals surface area (Å²) in [6.07, 6.45) is 0.776. The molecule has 2 N–H and O–H groups in total. The summed E-state index contributed by atoms with van der Waals surface area (Å²) in [6.45, 7) is 8.40. The normalized spacial score (nSPS) is 16.6. The molecule has 0 aliphatic carbocycles. The number of aliphatic hydroxyl groups excluding tert-OH is 1. The number of hydrogen-bond donors (Lipinski definition) is 2. The Morgan fingerprint density at radius 3 is 2.85 bits per heavy atom. The number of carbonyl (C=O) groups is 1. The van der Waals surface area contributed by atoms with Gasteiger partial charge in [-0.1, -0.05) is 24.3 Å². The van der Waals surface area contributed by atoms with Crippen LogP contribution in [0.2, 0.25) is 0 Å². The Labute approximate surface area is 199 Å². The topological polar surface area (TPSA) is 94.8 Å². The van der Waals surface area contributed by atoms with Crippen molar-refractivity contribution in [3.8, 4) is 11.5 Å². The number of nitrogens with zero attached hydrogens (tertiary/aromatic N) is 2. The van der Waals surface area contributed by atoms with E-state index in [4.69, 9.17) is 14.2 Å². The van der Waals surface area contributed by atoms with Crippen LogP contribution in [-0.2, 0) is 11.2 Å². The van der Waals surface area contributed by atoms with E-state index in [9.17, 15) is 9.90 Å². The first kappa shape index (κ1) is 24.0. The van der Waals surface area contributed by atoms with Crippen LogP contribution in [0.5, 0.6) is 11.5 Å². The van der Waals surface area contributed by atoms with E-state index in [0.717, 1.165) is 24.0 Å². The molecule has 34 heavy (non-hydrogen) atoms. The minimum Gasteiger partial charge on any atom is -0.490 e. The van der Waals surface area contributed by atoms with E-state index in [1.807, 2.05) is 52.0 Å². The van der Waals surface area contributed by atoms with Gasteiger partial charge in [-0.2, -0.15) is 9.78 Å². The molecule has 2 unspecified atom stereocenters. The van der Waals surface area contributed by atoms with Crippen molar-refractivity contribution in [2.45, 2.75) is 58.3 Å². The standard InChI is InChI=1S/C26H33N3O5/c1-17-24-21(29(28-17)25(31)34-26(2,3)4)9-7-11-23(24)32-16-19(30)14-27-15-20-13-12-18-8-5-6-10-22(18)33-20/h5-11,19-20,27,30H,12-16H2,1-4H3. The van der Waals surface area contributed by atoms with Crippen LogP contribution in [0, 0.1) is 6.92 Å². The Bertz CT molecular complexity index is 1150. The highest BCUT2D eigenvalue weighted by Gasteiger charge is 2.23. The summed E-state index contributed by atoms with van der Waals surface area (Å²) >= 11 is 0. The molecule has 1 aromatic heterocycles. The van der Waals surface area contributed by atoms with Gasteiger partial charge in [-0.05, 0) is 64.3 Å². The van der Waals surface area contributed by atoms with Crippen LogP contribution in [-0.4, -0.2) is 58.5 Å². The van der Waals surface area contributed by atoms with Crippen LogP contribution >= 0.6 is 0 Å². The van der Waals surface area contributed by atoms with Crippen LogP contribution < -0.4 is 14.8 Å². The van der Waals surface area contributed by atoms with Crippen molar-refractivity contribution in [1.29, 1.82) is 0 Å². The van der Waals surface area contributed by atoms with Gasteiger partial charge < -0.3 is 24.6 Å². The summed E-state index contributed by atoms with van der Waals surface area (Å²) < 4.78 is 18.7. The van der Waals surface area contributed by atoms with Crippen molar-refractivity contribution in [3.63, 3.8) is 0 Å². The number of nitrogens with one attached hydrogen (secondary N) is 1. The largest absolute Gasteiger partial charge is 0.490 e. The molecular weight excluding hydrogens is 434 g/mol. The zero-order chi connectivity index (χ0) is 24.3. The predicted molar refractivity (Wildman–Crippen MR) is 130 cm³/mol. The molecule has 1 aliphatic rings. The van der Waals surface area contributed by atoms with Crippen molar-refractivity contribution in [3.05, 3.63) is 53.7 Å². The fourth-order valence-electron chi connectivity index (χ4n) is 4.06. The number of aliphatic hydroxyl groups is 1. The van der Waals surface area contributed by atoms with Gasteiger partial charge in [-0.3, -0.25) is 0 Å². The van der Waals surface area contributed by atoms with Crippen molar-refractivity contribution < 1.29 is 24.1 Å². The number of carbonyl (C=O) groups excluding carboxylic acids is 1. The highest BCUT2D eigenvalue weighted by molar-refractivity contribution is 5.93. The Hall–Kier alpha value is -3.10. The lowest BCUT2D eigenvalue weighted by molar-refractivity contribution is 0.0522. The van der Waals surface area contributed by atoms with Crippen LogP contribution in [0.25, 0.3) is 10.9 Å². The van der Waals surface area contributed by atoms with Gasteiger partial charge in [0.05, 0.1) is 16.6 Å². The van der Waals surface area contributed by atoms with Crippen molar-refractivity contribution in [2.75, 3.05) is 19.7 Å². The molecule has 2 heterocycles. The van der Waals surface area contributed by atoms with Gasteiger partial charge in [-0.25, -0.2) is 4.79 Å². The zero-order valence-electron chi connectivity index (χ0n) is 20.2. The van der Waals surface area contributed by atoms with Gasteiger partial charge in [0, 0.05) is 13.1 Å². The van der Waals surface area contributed by atoms with Gasteiger partial charge >= 0.3 is 6.09 Å². The molecule has 8 nitrogen and oxygen atoms in total. The number of hydrogen-bond acceptors (Lipinski definition) is 7. The molecule has 0 spiro atoms. The highest BCUT2D eigenvalue weighted by Crippen LogP contribution is 2.29. The molecule has 182 valence electrons. The lowest BCUT2D eigenvalue weighted by atomic mass is 10.0. The quantitative estimate of drug-likeness (QED) is 0.545. The molecule has 0 amide bonds. The molecule has 4 rings (SSSR count). The third-order valence-corrected chi connectivity index (χ3v) is 5.60. The van der Waals surface area contributed by atoms with E-state index in [0.29, 0.717) is 30.0 Å². The molecule has 1 aliphatic heterocycles. The van der Waals surface area contributed by atoms with Gasteiger partial charge in [0.1, 0.15) is 35.9 Å². The minimum absolute atomic E-state index is 0.0816. The van der Waals surface area contributed by atoms with Gasteiger partial charge in [0.15, 0.2) is 0 Å². The molecule has 0 saturated heterocycles. The number of rotatable bonds is 7. The Morgan fingerprint density at radius 1 is 1.26 bits per heavy atom. The summed E-state index contributed by atoms with van der Waals surface area (Å²) in [6, 6.07) is 13.5. The van der Waals surface area contributed by atoms with Crippen LogP contribution in [0.3, 0.4) is 0 Å². The first-order valence-electron chi connectivity index (χ1n) is 11.7. The van der Waals surface area contributed by atoms with Gasteiger partial charge in [0.2, 0.25) is 0 Å². The SMILES string of the molecule is Cc1nn(C(=O)OC(C)(C)C)c2cccc(OCC(O)CNCC3CCc4ccccc4O3)c12. The Morgan fingerprint density at radius 2 is 2.06 bits per heavy atom. The smallest absolute Gasteiger partial charge is 0.435 e. The molecular formula is C26H33N3O5. The Balaban J connectivity index is 1.31. The predicted octanol–water partition coefficient (Wildman–Crippen LogP) is 3.85. The summed E-state index contributed by atoms with van der Waals surface area (Å²) in [7, 11) is 0. The molecule has 0 saturated carbocycles. The maximum absolute atomic E-state index is 12.6. The number of aromatic nitrogens is 2. The van der Waals surface area contributed by atoms with Crippen LogP contribution in [0.4, 0.5) is 4.79 Å². The van der Waals surface area contributed by atoms with E-state index in [1.54, 1.807) is 12.1 Å². The van der Waals surface area contributed by atoms with E-state index < -0.39 is 17.8 Å². The van der Waals surface area contributed by atoms with Crippen LogP contribution in [0.1, 0.15) is 38.4 Å². The summed E-state index contributed by atoms with van der Waals surface area (Å²) in [4.78, 5) is 12.6. The average Bonchev–Trinajstić information content (AvgIpc) is 3.14. The molecule has 0 bridgehead atoms. The lowest BCUT2D eigenvalue weighted by Crippen LogP contribution is -2.39. The Kier molecular flexibility index (Phi) is 7.09. The summed E-state index contributed by atoms with van der Waals surface area (Å²) in [5, 5.41) is 18.8. The fraction of sp³-hybridized carbons (Fsp3) is 0.462. The maximum Gasteiger partial charge on any atom is 0.435 e. The number of aryl methyl sites for hydroxylation is 2. The summed E-state index contributed by atoms with van der Waals surface area (Å²) in [5.74, 6) is 1.51. The summed E-state index contributed by atoms with van der Waals surface area (Å²) in [5.41, 5.74) is 1.87. The number of para-hydroxylation sites is 1. The van der Waals surface area contributed by atoms with E-state index >= 15 is 0 Å². The number of fused-ring (bicyclic) bond motifs is 2. The first-order chi connectivity index (χ1) is 16.2. The number of benzene rings is 2. The first-order valence-corrected chi connectivity index (χ1v) is 11.7.